The number of nitrogens with zero attached hydrogens (tertiary/aromatic N) is 1. The Labute approximate surface area is 167 Å². The van der Waals surface area contributed by atoms with Crippen molar-refractivity contribution in [2.75, 3.05) is 13.1 Å². The molecule has 1 saturated heterocycles. The van der Waals surface area contributed by atoms with E-state index in [9.17, 15) is 4.39 Å². The fourth-order valence-electron chi connectivity index (χ4n) is 4.37. The van der Waals surface area contributed by atoms with Crippen molar-refractivity contribution in [3.05, 3.63) is 65.1 Å². The van der Waals surface area contributed by atoms with E-state index in [1.54, 1.807) is 25.3 Å². The summed E-state index contributed by atoms with van der Waals surface area (Å²) in [6.07, 6.45) is 14.2. The van der Waals surface area contributed by atoms with E-state index in [1.165, 1.54) is 5.56 Å². The van der Waals surface area contributed by atoms with Crippen LogP contribution in [-0.4, -0.2) is 25.5 Å². The molecule has 0 atom stereocenters. The Hall–Kier alpha value is -2.33. The summed E-state index contributed by atoms with van der Waals surface area (Å²) < 4.78 is 14.1. The normalized spacial score (nSPS) is 19.6. The zero-order valence-electron chi connectivity index (χ0n) is 16.7. The van der Waals surface area contributed by atoms with Crippen LogP contribution < -0.4 is 5.32 Å². The fourth-order valence-corrected chi connectivity index (χ4v) is 4.37. The van der Waals surface area contributed by atoms with E-state index >= 15 is 0 Å². The van der Waals surface area contributed by atoms with Gasteiger partial charge in [-0.3, -0.25) is 4.99 Å². The topological polar surface area (TPSA) is 48.2 Å². The van der Waals surface area contributed by atoms with Crippen LogP contribution in [0.2, 0.25) is 0 Å². The molecule has 0 radical (unpaired) electrons. The molecule has 1 aliphatic carbocycles. The summed E-state index contributed by atoms with van der Waals surface area (Å²) >= 11 is 0. The molecule has 3 nitrogen and oxygen atoms in total. The molecule has 4 heteroatoms. The lowest BCUT2D eigenvalue weighted by molar-refractivity contribution is 0.281. The van der Waals surface area contributed by atoms with E-state index in [-0.39, 0.29) is 11.2 Å². The lowest BCUT2D eigenvalue weighted by atomic mass is 9.67. The minimum atomic E-state index is -0.215. The Balaban J connectivity index is 2.07. The van der Waals surface area contributed by atoms with E-state index in [0.717, 1.165) is 61.9 Å². The lowest BCUT2D eigenvalue weighted by Gasteiger charge is -2.38. The maximum atomic E-state index is 14.1. The van der Waals surface area contributed by atoms with Gasteiger partial charge in [-0.05, 0) is 98.7 Å². The van der Waals surface area contributed by atoms with Crippen LogP contribution in [-0.2, 0) is 6.42 Å². The van der Waals surface area contributed by atoms with Crippen molar-refractivity contribution in [3.8, 4) is 0 Å². The molecule has 1 fully saturated rings. The van der Waals surface area contributed by atoms with Gasteiger partial charge in [0.05, 0.1) is 0 Å². The molecular weight excluding hydrogens is 349 g/mol. The number of aliphatic imine (C=N–C) groups is 1. The first-order valence-corrected chi connectivity index (χ1v) is 10.1. The predicted octanol–water partition coefficient (Wildman–Crippen LogP) is 5.49. The van der Waals surface area contributed by atoms with E-state index in [1.807, 2.05) is 18.2 Å². The van der Waals surface area contributed by atoms with Crippen molar-refractivity contribution >= 4 is 18.0 Å². The van der Waals surface area contributed by atoms with Crippen LogP contribution in [0.15, 0.2) is 53.2 Å². The third-order valence-corrected chi connectivity index (χ3v) is 5.67. The number of hydrogen-bond donors (Lipinski definition) is 2. The summed E-state index contributed by atoms with van der Waals surface area (Å²) in [7, 11) is 0. The largest absolute Gasteiger partial charge is 0.317 e. The molecule has 0 saturated carbocycles. The van der Waals surface area contributed by atoms with Gasteiger partial charge in [-0.2, -0.15) is 0 Å². The van der Waals surface area contributed by atoms with E-state index < -0.39 is 0 Å². The first-order valence-electron chi connectivity index (χ1n) is 10.1. The van der Waals surface area contributed by atoms with Crippen molar-refractivity contribution in [2.45, 2.75) is 45.4 Å². The van der Waals surface area contributed by atoms with Crippen molar-refractivity contribution in [3.63, 3.8) is 0 Å². The summed E-state index contributed by atoms with van der Waals surface area (Å²) in [5, 5.41) is 11.1. The van der Waals surface area contributed by atoms with E-state index in [0.29, 0.717) is 12.1 Å². The van der Waals surface area contributed by atoms with Gasteiger partial charge in [0.1, 0.15) is 5.82 Å². The zero-order chi connectivity index (χ0) is 20.0. The highest BCUT2D eigenvalue weighted by Crippen LogP contribution is 2.46. The van der Waals surface area contributed by atoms with Gasteiger partial charge in [0.25, 0.3) is 0 Å². The van der Waals surface area contributed by atoms with Gasteiger partial charge in [-0.15, -0.1) is 0 Å². The van der Waals surface area contributed by atoms with Gasteiger partial charge in [0.2, 0.25) is 0 Å². The van der Waals surface area contributed by atoms with Crippen molar-refractivity contribution in [1.82, 2.24) is 5.32 Å². The number of benzene rings is 1. The quantitative estimate of drug-likeness (QED) is 0.516. The molecule has 0 aromatic heterocycles. The first-order chi connectivity index (χ1) is 13.5. The number of nitrogens with one attached hydrogen (secondary N) is 2. The van der Waals surface area contributed by atoms with Gasteiger partial charge in [0, 0.05) is 18.3 Å². The highest BCUT2D eigenvalue weighted by atomic mass is 19.1. The Morgan fingerprint density at radius 3 is 2.75 bits per heavy atom. The first kappa shape index (κ1) is 20.4. The predicted molar refractivity (Wildman–Crippen MR) is 117 cm³/mol. The molecule has 2 aliphatic rings. The molecule has 1 aromatic rings. The summed E-state index contributed by atoms with van der Waals surface area (Å²) in [6.45, 7) is 7.53. The van der Waals surface area contributed by atoms with Gasteiger partial charge >= 0.3 is 0 Å². The van der Waals surface area contributed by atoms with Gasteiger partial charge in [0.15, 0.2) is 0 Å². The summed E-state index contributed by atoms with van der Waals surface area (Å²) in [4.78, 5) is 4.01. The van der Waals surface area contributed by atoms with Crippen LogP contribution in [0.25, 0.3) is 5.57 Å². The standard InChI is InChI=1S/C24H30FN3/c1-18(26)6-3-7-20(17-27-2)23-16-24(10-4-12-28-13-5-11-24)15-19-8-9-21(25)14-22(19)23/h3,7-9,14,16-17,26,28H,2,4-6,10-13,15H2,1H3/b7-3-,20-17+,26-18?. The van der Waals surface area contributed by atoms with Crippen molar-refractivity contribution in [2.24, 2.45) is 10.4 Å². The fraction of sp³-hybridized carbons (Fsp3) is 0.417. The zero-order valence-corrected chi connectivity index (χ0v) is 16.7. The second-order valence-electron chi connectivity index (χ2n) is 8.01. The highest BCUT2D eigenvalue weighted by molar-refractivity contribution is 5.86. The van der Waals surface area contributed by atoms with Crippen LogP contribution in [0.3, 0.4) is 0 Å². The van der Waals surface area contributed by atoms with Crippen LogP contribution in [0, 0.1) is 16.6 Å². The number of rotatable bonds is 5. The Kier molecular flexibility index (Phi) is 6.74. The molecule has 1 spiro atoms. The highest BCUT2D eigenvalue weighted by Gasteiger charge is 2.34. The maximum absolute atomic E-state index is 14.1. The second-order valence-corrected chi connectivity index (χ2v) is 8.01. The van der Waals surface area contributed by atoms with E-state index in [2.05, 4.69) is 23.1 Å². The van der Waals surface area contributed by atoms with Crippen molar-refractivity contribution < 1.29 is 4.39 Å². The molecule has 1 aliphatic heterocycles. The van der Waals surface area contributed by atoms with Gasteiger partial charge < -0.3 is 10.7 Å². The molecule has 1 aromatic carbocycles. The minimum Gasteiger partial charge on any atom is -0.317 e. The minimum absolute atomic E-state index is 0.105. The number of halogens is 1. The second kappa shape index (κ2) is 9.24. The maximum Gasteiger partial charge on any atom is 0.123 e. The molecule has 0 bridgehead atoms. The molecule has 0 amide bonds. The average molecular weight is 380 g/mol. The van der Waals surface area contributed by atoms with Crippen LogP contribution >= 0.6 is 0 Å². The average Bonchev–Trinajstić information content (AvgIpc) is 2.64. The number of hydrogen-bond acceptors (Lipinski definition) is 3. The van der Waals surface area contributed by atoms with Crippen LogP contribution in [0.5, 0.6) is 0 Å². The van der Waals surface area contributed by atoms with E-state index in [4.69, 9.17) is 5.41 Å². The molecule has 3 rings (SSSR count). The smallest absolute Gasteiger partial charge is 0.123 e. The molecular formula is C24H30FN3. The SMILES string of the molecule is C=N/C=C(\C=C/CC(C)=N)C1=CC2(CCCNCCC2)Cc2ccc(F)cc21. The van der Waals surface area contributed by atoms with Crippen molar-refractivity contribution in [1.29, 1.82) is 5.41 Å². The Bertz CT molecular complexity index is 824. The molecule has 0 unspecified atom stereocenters. The lowest BCUT2D eigenvalue weighted by Crippen LogP contribution is -2.31. The molecule has 2 N–H and O–H groups in total. The monoisotopic (exact) mass is 379 g/mol. The third kappa shape index (κ3) is 4.93. The summed E-state index contributed by atoms with van der Waals surface area (Å²) in [6, 6.07) is 5.16. The number of allylic oxidation sites excluding steroid dienone is 5. The molecule has 148 valence electrons. The van der Waals surface area contributed by atoms with Gasteiger partial charge in [-0.1, -0.05) is 24.3 Å². The Morgan fingerprint density at radius 1 is 1.32 bits per heavy atom. The Morgan fingerprint density at radius 2 is 2.07 bits per heavy atom. The summed E-state index contributed by atoms with van der Waals surface area (Å²) in [5.74, 6) is -0.215. The molecule has 1 heterocycles. The van der Waals surface area contributed by atoms with Crippen LogP contribution in [0.4, 0.5) is 4.39 Å². The van der Waals surface area contributed by atoms with Gasteiger partial charge in [-0.25, -0.2) is 4.39 Å². The number of fused-ring (bicyclic) bond motifs is 1. The van der Waals surface area contributed by atoms with Crippen LogP contribution in [0.1, 0.15) is 50.2 Å². The third-order valence-electron chi connectivity index (χ3n) is 5.67. The molecule has 28 heavy (non-hydrogen) atoms. The summed E-state index contributed by atoms with van der Waals surface area (Å²) in [5.41, 5.74) is 4.85.